The predicted molar refractivity (Wildman–Crippen MR) is 43.4 cm³/mol. The Morgan fingerprint density at radius 1 is 1.36 bits per heavy atom. The van der Waals surface area contributed by atoms with Crippen molar-refractivity contribution < 1.29 is 25.0 Å². The molecule has 0 aliphatic heterocycles. The van der Waals surface area contributed by atoms with Crippen LogP contribution in [0.5, 0.6) is 11.5 Å². The molecule has 0 bridgehead atoms. The molecular weight excluding hydrogens is 190 g/mol. The highest BCUT2D eigenvalue weighted by atomic mass is 16.6. The van der Waals surface area contributed by atoms with Crippen LogP contribution < -0.4 is 5.90 Å². The molecule has 0 amide bonds. The number of hydrogen-bond donors (Lipinski definition) is 3. The fourth-order valence-corrected chi connectivity index (χ4v) is 0.952. The lowest BCUT2D eigenvalue weighted by molar-refractivity contribution is -0.152. The number of nitrogens with zero attached hydrogens (tertiary/aromatic N) is 1. The van der Waals surface area contributed by atoms with E-state index in [0.717, 1.165) is 12.1 Å². The molecule has 1 aromatic rings. The van der Waals surface area contributed by atoms with Crippen LogP contribution in [0.1, 0.15) is 11.7 Å². The molecule has 0 aliphatic rings. The molecule has 0 fully saturated rings. The predicted octanol–water partition coefficient (Wildman–Crippen LogP) is 0.224. The Kier molecular flexibility index (Phi) is 2.90. The molecule has 1 rings (SSSR count). The van der Waals surface area contributed by atoms with E-state index in [9.17, 15) is 4.79 Å². The van der Waals surface area contributed by atoms with Gasteiger partial charge in [-0.15, -0.1) is 0 Å². The van der Waals surface area contributed by atoms with E-state index in [1.165, 1.54) is 6.07 Å². The van der Waals surface area contributed by atoms with Crippen molar-refractivity contribution in [1.29, 1.82) is 0 Å². The normalized spacial score (nSPS) is 12.4. The van der Waals surface area contributed by atoms with E-state index in [2.05, 4.69) is 4.84 Å². The summed E-state index contributed by atoms with van der Waals surface area (Å²) in [5.74, 6) is 6.02. The average molecular weight is 197 g/mol. The molecule has 0 aromatic heterocycles. The molecule has 0 heterocycles. The second-order valence-electron chi connectivity index (χ2n) is 2.57. The molecule has 1 aromatic carbocycles. The van der Waals surface area contributed by atoms with E-state index in [1.807, 2.05) is 0 Å². The molecule has 0 spiro atoms. The van der Waals surface area contributed by atoms with Gasteiger partial charge in [0.2, 0.25) is 6.10 Å². The molecule has 0 saturated heterocycles. The number of aliphatic carboxylic acids is 1. The zero-order valence-corrected chi connectivity index (χ0v) is 6.91. The Labute approximate surface area is 79.1 Å². The van der Waals surface area contributed by atoms with E-state index < -0.39 is 17.8 Å². The second kappa shape index (κ2) is 3.95. The highest BCUT2D eigenvalue weighted by Gasteiger charge is 2.21. The maximum absolute atomic E-state index is 10.5. The highest BCUT2D eigenvalue weighted by molar-refractivity contribution is 5.74. The standard InChI is InChI=1S/C8H7NO5/c9-14-7(8(12)13)4-1-2-5(10)6(11)3-4/h1-3,7,10-11H,(H,12,13). The van der Waals surface area contributed by atoms with Crippen molar-refractivity contribution in [3.63, 3.8) is 0 Å². The molecule has 1 atom stereocenters. The van der Waals surface area contributed by atoms with Crippen LogP contribution in [0, 0.1) is 0 Å². The third-order valence-electron chi connectivity index (χ3n) is 1.63. The smallest absolute Gasteiger partial charge is 0.339 e. The lowest BCUT2D eigenvalue weighted by Gasteiger charge is -2.08. The van der Waals surface area contributed by atoms with Crippen LogP contribution in [0.3, 0.4) is 0 Å². The van der Waals surface area contributed by atoms with E-state index in [0.29, 0.717) is 0 Å². The van der Waals surface area contributed by atoms with Gasteiger partial charge < -0.3 is 15.3 Å². The maximum atomic E-state index is 10.5. The second-order valence-corrected chi connectivity index (χ2v) is 2.57. The molecule has 1 unspecified atom stereocenters. The molecule has 74 valence electrons. The summed E-state index contributed by atoms with van der Waals surface area (Å²) >= 11 is 0. The number of carbonyl (C=O) groups is 1. The van der Waals surface area contributed by atoms with Crippen molar-refractivity contribution in [3.05, 3.63) is 23.8 Å². The van der Waals surface area contributed by atoms with Gasteiger partial charge >= 0.3 is 5.97 Å². The first-order valence-corrected chi connectivity index (χ1v) is 3.61. The van der Waals surface area contributed by atoms with Crippen LogP contribution in [0.2, 0.25) is 0 Å². The number of hydrogen-bond acceptors (Lipinski definition) is 4. The third kappa shape index (κ3) is 1.93. The van der Waals surface area contributed by atoms with Crippen molar-refractivity contribution in [3.8, 4) is 11.5 Å². The summed E-state index contributed by atoms with van der Waals surface area (Å²) in [6.07, 6.45) is -1.58. The van der Waals surface area contributed by atoms with Gasteiger partial charge in [-0.1, -0.05) is 6.07 Å². The summed E-state index contributed by atoms with van der Waals surface area (Å²) in [7, 11) is 0. The third-order valence-corrected chi connectivity index (χ3v) is 1.63. The average Bonchev–Trinajstić information content (AvgIpc) is 2.11. The zero-order chi connectivity index (χ0) is 10.7. The number of phenolic OH excluding ortho intramolecular Hbond substituents is 2. The SMILES string of the molecule is [N]OC(C(=O)O)c1ccc(O)c(O)c1. The first-order valence-electron chi connectivity index (χ1n) is 3.61. The van der Waals surface area contributed by atoms with Gasteiger partial charge in [0, 0.05) is 5.90 Å². The Balaban J connectivity index is 3.06. The van der Waals surface area contributed by atoms with Gasteiger partial charge in [0.15, 0.2) is 11.5 Å². The largest absolute Gasteiger partial charge is 0.504 e. The summed E-state index contributed by atoms with van der Waals surface area (Å²) < 4.78 is 0. The molecule has 0 aliphatic carbocycles. The van der Waals surface area contributed by atoms with Gasteiger partial charge in [-0.25, -0.2) is 9.63 Å². The Hall–Kier alpha value is -1.79. The molecular formula is C8H7NO5. The van der Waals surface area contributed by atoms with Gasteiger partial charge in [-0.3, -0.25) is 0 Å². The van der Waals surface area contributed by atoms with E-state index in [1.54, 1.807) is 0 Å². The Bertz CT molecular complexity index is 352. The lowest BCUT2D eigenvalue weighted by Crippen LogP contribution is -2.14. The lowest BCUT2D eigenvalue weighted by atomic mass is 10.1. The number of carboxylic acids is 1. The first kappa shape index (κ1) is 10.3. The molecule has 0 saturated carbocycles. The van der Waals surface area contributed by atoms with Crippen LogP contribution in [0.4, 0.5) is 0 Å². The van der Waals surface area contributed by atoms with Gasteiger partial charge in [-0.05, 0) is 17.7 Å². The number of carboxylic acid groups (broad SMARTS) is 1. The fourth-order valence-electron chi connectivity index (χ4n) is 0.952. The minimum absolute atomic E-state index is 0.0234. The van der Waals surface area contributed by atoms with Crippen molar-refractivity contribution >= 4 is 5.97 Å². The topological polar surface area (TPSA) is 109 Å². The maximum Gasteiger partial charge on any atom is 0.339 e. The van der Waals surface area contributed by atoms with Crippen molar-refractivity contribution in [1.82, 2.24) is 5.90 Å². The monoisotopic (exact) mass is 197 g/mol. The van der Waals surface area contributed by atoms with E-state index >= 15 is 0 Å². The Morgan fingerprint density at radius 2 is 2.00 bits per heavy atom. The van der Waals surface area contributed by atoms with Crippen LogP contribution >= 0.6 is 0 Å². The number of phenols is 2. The fraction of sp³-hybridized carbons (Fsp3) is 0.125. The summed E-state index contributed by atoms with van der Waals surface area (Å²) in [6.45, 7) is 0. The van der Waals surface area contributed by atoms with Gasteiger partial charge in [0.1, 0.15) is 0 Å². The van der Waals surface area contributed by atoms with Crippen LogP contribution in [0.25, 0.3) is 0 Å². The summed E-state index contributed by atoms with van der Waals surface area (Å²) in [4.78, 5) is 14.2. The van der Waals surface area contributed by atoms with Crippen LogP contribution in [0.15, 0.2) is 18.2 Å². The first-order chi connectivity index (χ1) is 6.56. The van der Waals surface area contributed by atoms with Crippen LogP contribution in [-0.2, 0) is 9.63 Å². The number of aromatic hydroxyl groups is 2. The minimum atomic E-state index is -1.58. The van der Waals surface area contributed by atoms with Gasteiger partial charge in [0.05, 0.1) is 0 Å². The van der Waals surface area contributed by atoms with Crippen molar-refractivity contribution in [2.45, 2.75) is 6.10 Å². The molecule has 2 radical (unpaired) electrons. The van der Waals surface area contributed by atoms with Crippen LogP contribution in [-0.4, -0.2) is 21.3 Å². The van der Waals surface area contributed by atoms with E-state index in [4.69, 9.17) is 21.2 Å². The molecule has 6 heteroatoms. The number of rotatable bonds is 3. The summed E-state index contributed by atoms with van der Waals surface area (Å²) in [5.41, 5.74) is 0.0234. The zero-order valence-electron chi connectivity index (χ0n) is 6.91. The summed E-state index contributed by atoms with van der Waals surface area (Å²) in [5, 5.41) is 26.5. The van der Waals surface area contributed by atoms with Gasteiger partial charge in [0.25, 0.3) is 0 Å². The number of benzene rings is 1. The molecule has 3 N–H and O–H groups in total. The quantitative estimate of drug-likeness (QED) is 0.474. The molecule has 6 nitrogen and oxygen atoms in total. The molecule has 14 heavy (non-hydrogen) atoms. The summed E-state index contributed by atoms with van der Waals surface area (Å²) in [6, 6.07) is 3.30. The minimum Gasteiger partial charge on any atom is -0.504 e. The Morgan fingerprint density at radius 3 is 2.43 bits per heavy atom. The van der Waals surface area contributed by atoms with Crippen molar-refractivity contribution in [2.24, 2.45) is 0 Å². The van der Waals surface area contributed by atoms with E-state index in [-0.39, 0.29) is 11.3 Å². The van der Waals surface area contributed by atoms with Crippen molar-refractivity contribution in [2.75, 3.05) is 0 Å². The van der Waals surface area contributed by atoms with Gasteiger partial charge in [-0.2, -0.15) is 0 Å². The highest BCUT2D eigenvalue weighted by Crippen LogP contribution is 2.28.